The van der Waals surface area contributed by atoms with Gasteiger partial charge in [0.15, 0.2) is 9.84 Å². The lowest BCUT2D eigenvalue weighted by molar-refractivity contribution is 0.602. The Labute approximate surface area is 132 Å². The molecular formula is C16H20ClNO2S. The molecule has 0 saturated carbocycles. The summed E-state index contributed by atoms with van der Waals surface area (Å²) >= 11 is 0. The first-order chi connectivity index (χ1) is 9.32. The standard InChI is InChI=1S/C16H19NO2S.ClH/c1-11-8-14(9-12(2)16(11)10-17)13-4-6-15(7-5-13)20(3,18)19;/h4-9H,10,17H2,1-3H3;1H. The van der Waals surface area contributed by atoms with Crippen molar-refractivity contribution >= 4 is 22.2 Å². The maximum absolute atomic E-state index is 11.5. The maximum atomic E-state index is 11.5. The van der Waals surface area contributed by atoms with Crippen molar-refractivity contribution in [2.75, 3.05) is 6.26 Å². The third kappa shape index (κ3) is 3.84. The molecular weight excluding hydrogens is 306 g/mol. The van der Waals surface area contributed by atoms with Gasteiger partial charge in [-0.3, -0.25) is 0 Å². The van der Waals surface area contributed by atoms with E-state index >= 15 is 0 Å². The molecule has 0 fully saturated rings. The van der Waals surface area contributed by atoms with E-state index in [1.807, 2.05) is 26.0 Å². The van der Waals surface area contributed by atoms with E-state index in [4.69, 9.17) is 5.73 Å². The number of benzene rings is 2. The zero-order valence-corrected chi connectivity index (χ0v) is 14.0. The van der Waals surface area contributed by atoms with Crippen LogP contribution in [0.5, 0.6) is 0 Å². The molecule has 0 atom stereocenters. The van der Waals surface area contributed by atoms with Gasteiger partial charge in [-0.1, -0.05) is 24.3 Å². The summed E-state index contributed by atoms with van der Waals surface area (Å²) in [5, 5.41) is 0. The molecule has 2 aromatic carbocycles. The molecule has 0 spiro atoms. The van der Waals surface area contributed by atoms with Crippen molar-refractivity contribution in [1.29, 1.82) is 0 Å². The van der Waals surface area contributed by atoms with Gasteiger partial charge in [-0.15, -0.1) is 12.4 Å². The smallest absolute Gasteiger partial charge is 0.175 e. The van der Waals surface area contributed by atoms with Gasteiger partial charge in [0, 0.05) is 12.8 Å². The van der Waals surface area contributed by atoms with Crippen LogP contribution in [0.25, 0.3) is 11.1 Å². The minimum atomic E-state index is -3.15. The van der Waals surface area contributed by atoms with Crippen molar-refractivity contribution < 1.29 is 8.42 Å². The van der Waals surface area contributed by atoms with Crippen LogP contribution in [0, 0.1) is 13.8 Å². The summed E-state index contributed by atoms with van der Waals surface area (Å²) < 4.78 is 22.9. The highest BCUT2D eigenvalue weighted by Gasteiger charge is 2.08. The van der Waals surface area contributed by atoms with Crippen LogP contribution in [-0.2, 0) is 16.4 Å². The fourth-order valence-electron chi connectivity index (χ4n) is 2.38. The third-order valence-electron chi connectivity index (χ3n) is 3.52. The Morgan fingerprint density at radius 3 is 1.81 bits per heavy atom. The van der Waals surface area contributed by atoms with Crippen molar-refractivity contribution in [3.05, 3.63) is 53.1 Å². The molecule has 0 bridgehead atoms. The first kappa shape index (κ1) is 17.7. The quantitative estimate of drug-likeness (QED) is 0.942. The minimum Gasteiger partial charge on any atom is -0.326 e. The second-order valence-corrected chi connectivity index (χ2v) is 7.10. The zero-order chi connectivity index (χ0) is 14.9. The van der Waals surface area contributed by atoms with Crippen molar-refractivity contribution in [2.24, 2.45) is 5.73 Å². The highest BCUT2D eigenvalue weighted by atomic mass is 35.5. The molecule has 0 saturated heterocycles. The van der Waals surface area contributed by atoms with Crippen LogP contribution in [0.2, 0.25) is 0 Å². The molecule has 0 aliphatic heterocycles. The Balaban J connectivity index is 0.00000220. The van der Waals surface area contributed by atoms with E-state index in [0.29, 0.717) is 11.4 Å². The Bertz CT molecular complexity index is 714. The van der Waals surface area contributed by atoms with Crippen LogP contribution >= 0.6 is 12.4 Å². The maximum Gasteiger partial charge on any atom is 0.175 e. The van der Waals surface area contributed by atoms with Crippen LogP contribution in [0.1, 0.15) is 16.7 Å². The predicted octanol–water partition coefficient (Wildman–Crippen LogP) is 3.25. The van der Waals surface area contributed by atoms with Gasteiger partial charge in [-0.2, -0.15) is 0 Å². The molecule has 0 aliphatic carbocycles. The Kier molecular flexibility index (Phi) is 5.56. The molecule has 0 radical (unpaired) electrons. The van der Waals surface area contributed by atoms with Gasteiger partial charge in [0.2, 0.25) is 0 Å². The van der Waals surface area contributed by atoms with E-state index in [0.717, 1.165) is 22.3 Å². The monoisotopic (exact) mass is 325 g/mol. The van der Waals surface area contributed by atoms with Gasteiger partial charge in [-0.05, 0) is 53.8 Å². The average Bonchev–Trinajstić information content (AvgIpc) is 2.37. The largest absolute Gasteiger partial charge is 0.326 e. The number of aryl methyl sites for hydroxylation is 2. The fourth-order valence-corrected chi connectivity index (χ4v) is 3.01. The van der Waals surface area contributed by atoms with Crippen LogP contribution in [0.3, 0.4) is 0 Å². The SMILES string of the molecule is Cc1cc(-c2ccc(S(C)(=O)=O)cc2)cc(C)c1CN.Cl. The number of halogens is 1. The average molecular weight is 326 g/mol. The summed E-state index contributed by atoms with van der Waals surface area (Å²) in [7, 11) is -3.15. The van der Waals surface area contributed by atoms with Crippen LogP contribution in [0.4, 0.5) is 0 Å². The summed E-state index contributed by atoms with van der Waals surface area (Å²) in [5.41, 5.74) is 11.3. The molecule has 3 nitrogen and oxygen atoms in total. The second kappa shape index (κ2) is 6.60. The summed E-state index contributed by atoms with van der Waals surface area (Å²) in [6, 6.07) is 11.1. The number of nitrogens with two attached hydrogens (primary N) is 1. The van der Waals surface area contributed by atoms with Gasteiger partial charge >= 0.3 is 0 Å². The minimum absolute atomic E-state index is 0. The summed E-state index contributed by atoms with van der Waals surface area (Å²) in [6.45, 7) is 4.62. The Morgan fingerprint density at radius 2 is 1.43 bits per heavy atom. The van der Waals surface area contributed by atoms with Crippen molar-refractivity contribution in [3.63, 3.8) is 0 Å². The third-order valence-corrected chi connectivity index (χ3v) is 4.64. The van der Waals surface area contributed by atoms with E-state index in [9.17, 15) is 8.42 Å². The van der Waals surface area contributed by atoms with Crippen molar-refractivity contribution in [2.45, 2.75) is 25.3 Å². The molecule has 2 N–H and O–H groups in total. The molecule has 0 unspecified atom stereocenters. The van der Waals surface area contributed by atoms with Crippen LogP contribution < -0.4 is 5.73 Å². The van der Waals surface area contributed by atoms with Gasteiger partial charge in [0.25, 0.3) is 0 Å². The van der Waals surface area contributed by atoms with E-state index in [2.05, 4.69) is 12.1 Å². The van der Waals surface area contributed by atoms with Gasteiger partial charge in [0.1, 0.15) is 0 Å². The summed E-state index contributed by atoms with van der Waals surface area (Å²) in [4.78, 5) is 0.341. The lowest BCUT2D eigenvalue weighted by atomic mass is 9.96. The van der Waals surface area contributed by atoms with E-state index < -0.39 is 9.84 Å². The van der Waals surface area contributed by atoms with E-state index in [-0.39, 0.29) is 12.4 Å². The Morgan fingerprint density at radius 1 is 0.952 bits per heavy atom. The molecule has 114 valence electrons. The highest BCUT2D eigenvalue weighted by Crippen LogP contribution is 2.26. The summed E-state index contributed by atoms with van der Waals surface area (Å²) in [6.07, 6.45) is 1.21. The molecule has 2 rings (SSSR count). The van der Waals surface area contributed by atoms with Gasteiger partial charge in [-0.25, -0.2) is 8.42 Å². The molecule has 5 heteroatoms. The topological polar surface area (TPSA) is 60.2 Å². The number of sulfone groups is 1. The Hall–Kier alpha value is -1.36. The number of hydrogen-bond donors (Lipinski definition) is 1. The molecule has 0 aromatic heterocycles. The molecule has 0 heterocycles. The highest BCUT2D eigenvalue weighted by molar-refractivity contribution is 7.90. The molecule has 0 amide bonds. The van der Waals surface area contributed by atoms with Gasteiger partial charge in [0.05, 0.1) is 4.90 Å². The molecule has 21 heavy (non-hydrogen) atoms. The lowest BCUT2D eigenvalue weighted by Gasteiger charge is -2.11. The lowest BCUT2D eigenvalue weighted by Crippen LogP contribution is -2.02. The predicted molar refractivity (Wildman–Crippen MR) is 89.6 cm³/mol. The normalized spacial score (nSPS) is 11.0. The molecule has 2 aromatic rings. The van der Waals surface area contributed by atoms with Crippen molar-refractivity contribution in [3.8, 4) is 11.1 Å². The van der Waals surface area contributed by atoms with E-state index in [1.165, 1.54) is 11.8 Å². The van der Waals surface area contributed by atoms with Crippen molar-refractivity contribution in [1.82, 2.24) is 0 Å². The number of hydrogen-bond acceptors (Lipinski definition) is 3. The molecule has 0 aliphatic rings. The van der Waals surface area contributed by atoms with Gasteiger partial charge < -0.3 is 5.73 Å². The second-order valence-electron chi connectivity index (χ2n) is 5.09. The van der Waals surface area contributed by atoms with E-state index in [1.54, 1.807) is 12.1 Å². The van der Waals surface area contributed by atoms with Crippen LogP contribution in [0.15, 0.2) is 41.3 Å². The number of rotatable bonds is 3. The fraction of sp³-hybridized carbons (Fsp3) is 0.250. The van der Waals surface area contributed by atoms with Crippen LogP contribution in [-0.4, -0.2) is 14.7 Å². The zero-order valence-electron chi connectivity index (χ0n) is 12.4. The summed E-state index contributed by atoms with van der Waals surface area (Å²) in [5.74, 6) is 0. The first-order valence-corrected chi connectivity index (χ1v) is 8.32. The first-order valence-electron chi connectivity index (χ1n) is 6.43.